The van der Waals surface area contributed by atoms with Crippen LogP contribution in [0.25, 0.3) is 0 Å². The van der Waals surface area contributed by atoms with Crippen LogP contribution in [0.2, 0.25) is 0 Å². The number of rotatable bonds is 31. The van der Waals surface area contributed by atoms with Crippen molar-refractivity contribution in [1.82, 2.24) is 5.32 Å². The summed E-state index contributed by atoms with van der Waals surface area (Å²) in [5, 5.41) is 13.6. The maximum Gasteiger partial charge on any atom is 0.268 e. The highest BCUT2D eigenvalue weighted by Crippen LogP contribution is 2.38. The predicted molar refractivity (Wildman–Crippen MR) is 178 cm³/mol. The molecule has 0 aromatic carbocycles. The molecule has 2 N–H and O–H groups in total. The van der Waals surface area contributed by atoms with Crippen molar-refractivity contribution in [2.24, 2.45) is 0 Å². The van der Waals surface area contributed by atoms with E-state index in [0.717, 1.165) is 38.5 Å². The summed E-state index contributed by atoms with van der Waals surface area (Å²) in [5.74, 6) is -0.203. The van der Waals surface area contributed by atoms with Gasteiger partial charge in [-0.2, -0.15) is 0 Å². The minimum atomic E-state index is -4.56. The second kappa shape index (κ2) is 27.5. The number of allylic oxidation sites excluding steroid dienone is 1. The number of hydrogen-bond acceptors (Lipinski definition) is 6. The van der Waals surface area contributed by atoms with Gasteiger partial charge in [-0.3, -0.25) is 9.36 Å². The number of phosphoric ester groups is 1. The van der Waals surface area contributed by atoms with Crippen LogP contribution in [0.15, 0.2) is 12.2 Å². The van der Waals surface area contributed by atoms with Gasteiger partial charge in [-0.15, -0.1) is 0 Å². The fraction of sp³-hybridized carbons (Fsp3) is 0.912. The molecule has 8 nitrogen and oxygen atoms in total. The molecule has 0 radical (unpaired) electrons. The monoisotopic (exact) mass is 632 g/mol. The summed E-state index contributed by atoms with van der Waals surface area (Å²) in [7, 11) is 1.26. The number of nitrogens with zero attached hydrogens (tertiary/aromatic N) is 1. The summed E-state index contributed by atoms with van der Waals surface area (Å²) >= 11 is 0. The van der Waals surface area contributed by atoms with Gasteiger partial charge >= 0.3 is 0 Å². The molecule has 0 aromatic rings. The van der Waals surface area contributed by atoms with Crippen LogP contribution in [0, 0.1) is 0 Å². The molecule has 1 amide bonds. The number of aliphatic hydroxyl groups is 1. The van der Waals surface area contributed by atoms with Gasteiger partial charge in [0.15, 0.2) is 0 Å². The fourth-order valence-electron chi connectivity index (χ4n) is 4.86. The molecular weight excluding hydrogens is 563 g/mol. The van der Waals surface area contributed by atoms with Gasteiger partial charge in [-0.05, 0) is 19.3 Å². The minimum Gasteiger partial charge on any atom is -0.756 e. The summed E-state index contributed by atoms with van der Waals surface area (Å²) in [6.07, 6.45) is 26.8. The highest BCUT2D eigenvalue weighted by Gasteiger charge is 2.23. The van der Waals surface area contributed by atoms with Crippen molar-refractivity contribution < 1.29 is 32.9 Å². The largest absolute Gasteiger partial charge is 0.756 e. The Hall–Kier alpha value is -0.760. The number of hydrogen-bond donors (Lipinski definition) is 2. The van der Waals surface area contributed by atoms with Gasteiger partial charge < -0.3 is 28.8 Å². The van der Waals surface area contributed by atoms with E-state index in [9.17, 15) is 19.4 Å². The van der Waals surface area contributed by atoms with Crippen molar-refractivity contribution in [2.75, 3.05) is 40.9 Å². The first-order valence-electron chi connectivity index (χ1n) is 17.6. The van der Waals surface area contributed by atoms with Crippen LogP contribution in [0.4, 0.5) is 0 Å². The first kappa shape index (κ1) is 42.2. The van der Waals surface area contributed by atoms with Crippen LogP contribution < -0.4 is 10.2 Å². The number of unbranched alkanes of at least 4 members (excludes halogenated alkanes) is 18. The number of likely N-dealkylation sites (N-methyl/N-ethyl adjacent to an activating group) is 1. The second-order valence-electron chi connectivity index (χ2n) is 13.2. The molecule has 0 saturated heterocycles. The van der Waals surface area contributed by atoms with Crippen molar-refractivity contribution in [1.29, 1.82) is 0 Å². The molecule has 3 atom stereocenters. The number of phosphoric acid groups is 1. The number of amides is 1. The van der Waals surface area contributed by atoms with Crippen molar-refractivity contribution in [3.63, 3.8) is 0 Å². The molecule has 256 valence electrons. The van der Waals surface area contributed by atoms with E-state index in [2.05, 4.69) is 19.2 Å². The van der Waals surface area contributed by atoms with E-state index in [1.165, 1.54) is 89.9 Å². The van der Waals surface area contributed by atoms with E-state index in [4.69, 9.17) is 9.05 Å². The van der Waals surface area contributed by atoms with Crippen LogP contribution in [0.5, 0.6) is 0 Å². The van der Waals surface area contributed by atoms with Crippen LogP contribution in [-0.4, -0.2) is 68.5 Å². The molecule has 0 aliphatic carbocycles. The highest BCUT2D eigenvalue weighted by atomic mass is 31.2. The van der Waals surface area contributed by atoms with Crippen molar-refractivity contribution in [3.8, 4) is 0 Å². The van der Waals surface area contributed by atoms with Gasteiger partial charge in [0.1, 0.15) is 13.2 Å². The molecule has 0 saturated carbocycles. The van der Waals surface area contributed by atoms with Gasteiger partial charge in [-0.1, -0.05) is 135 Å². The van der Waals surface area contributed by atoms with Crippen LogP contribution in [-0.2, 0) is 18.4 Å². The third-order valence-corrected chi connectivity index (χ3v) is 8.71. The second-order valence-corrected chi connectivity index (χ2v) is 14.6. The molecule has 0 aliphatic rings. The first-order chi connectivity index (χ1) is 20.5. The Morgan fingerprint density at radius 3 is 1.74 bits per heavy atom. The number of nitrogens with one attached hydrogen (secondary N) is 1. The quantitative estimate of drug-likeness (QED) is 0.0349. The molecule has 0 fully saturated rings. The van der Waals surface area contributed by atoms with E-state index < -0.39 is 20.0 Å². The highest BCUT2D eigenvalue weighted by molar-refractivity contribution is 7.45. The standard InChI is InChI=1S/C34H69N2O6P/c1-6-8-10-12-14-16-17-18-20-21-23-25-27-33(37)32(31-42-43(39,40)41-30-29-36(3,4)5)35-34(38)28-26-24-22-19-15-13-11-9-7-2/h25,27,32-33,37H,6-24,26,28-31H2,1-5H3,(H-,35,38,39,40)/b27-25+/t32-,33+/m0/s1. The average molecular weight is 633 g/mol. The molecule has 0 spiro atoms. The van der Waals surface area contributed by atoms with Gasteiger partial charge in [0.05, 0.1) is 39.9 Å². The Balaban J connectivity index is 4.60. The van der Waals surface area contributed by atoms with Gasteiger partial charge in [0.25, 0.3) is 7.82 Å². The summed E-state index contributed by atoms with van der Waals surface area (Å²) < 4.78 is 23.0. The number of carbonyl (C=O) groups is 1. The predicted octanol–water partition coefficient (Wildman–Crippen LogP) is 7.83. The van der Waals surface area contributed by atoms with Crippen LogP contribution in [0.1, 0.15) is 149 Å². The summed E-state index contributed by atoms with van der Waals surface area (Å²) in [4.78, 5) is 25.0. The third kappa shape index (κ3) is 29.7. The maximum atomic E-state index is 12.7. The van der Waals surface area contributed by atoms with Gasteiger partial charge in [0.2, 0.25) is 5.91 Å². The Bertz CT molecular complexity index is 728. The van der Waals surface area contributed by atoms with E-state index >= 15 is 0 Å². The molecule has 0 bridgehead atoms. The molecule has 0 aliphatic heterocycles. The van der Waals surface area contributed by atoms with Gasteiger partial charge in [-0.25, -0.2) is 0 Å². The zero-order valence-corrected chi connectivity index (χ0v) is 29.6. The molecule has 0 heterocycles. The van der Waals surface area contributed by atoms with E-state index in [1.54, 1.807) is 6.08 Å². The molecular formula is C34H69N2O6P. The van der Waals surface area contributed by atoms with Crippen LogP contribution >= 0.6 is 7.82 Å². The van der Waals surface area contributed by atoms with Crippen molar-refractivity contribution in [3.05, 3.63) is 12.2 Å². The normalized spacial score (nSPS) is 15.0. The zero-order valence-electron chi connectivity index (χ0n) is 28.7. The maximum absolute atomic E-state index is 12.7. The lowest BCUT2D eigenvalue weighted by Crippen LogP contribution is -2.45. The minimum absolute atomic E-state index is 0.00121. The Labute approximate surface area is 265 Å². The van der Waals surface area contributed by atoms with E-state index in [0.29, 0.717) is 17.4 Å². The smallest absolute Gasteiger partial charge is 0.268 e. The van der Waals surface area contributed by atoms with E-state index in [1.807, 2.05) is 27.2 Å². The molecule has 43 heavy (non-hydrogen) atoms. The molecule has 9 heteroatoms. The first-order valence-corrected chi connectivity index (χ1v) is 19.0. The summed E-state index contributed by atoms with van der Waals surface area (Å²) in [6, 6.07) is -0.876. The van der Waals surface area contributed by atoms with Crippen LogP contribution in [0.3, 0.4) is 0 Å². The Morgan fingerprint density at radius 1 is 0.791 bits per heavy atom. The average Bonchev–Trinajstić information content (AvgIpc) is 2.94. The lowest BCUT2D eigenvalue weighted by Gasteiger charge is -2.29. The lowest BCUT2D eigenvalue weighted by molar-refractivity contribution is -0.870. The topological polar surface area (TPSA) is 108 Å². The van der Waals surface area contributed by atoms with E-state index in [-0.39, 0.29) is 19.1 Å². The van der Waals surface area contributed by atoms with Gasteiger partial charge in [0, 0.05) is 6.42 Å². The molecule has 0 rings (SSSR count). The number of quaternary nitrogens is 1. The van der Waals surface area contributed by atoms with Crippen molar-refractivity contribution in [2.45, 2.75) is 161 Å². The number of carbonyl (C=O) groups excluding carboxylic acids is 1. The number of aliphatic hydroxyl groups excluding tert-OH is 1. The summed E-state index contributed by atoms with van der Waals surface area (Å²) in [5.41, 5.74) is 0. The zero-order chi connectivity index (χ0) is 32.2. The third-order valence-electron chi connectivity index (χ3n) is 7.75. The molecule has 0 aromatic heterocycles. The lowest BCUT2D eigenvalue weighted by atomic mass is 10.1. The Kier molecular flexibility index (Phi) is 27.1. The summed E-state index contributed by atoms with van der Waals surface area (Å²) in [6.45, 7) is 4.58. The van der Waals surface area contributed by atoms with Crippen molar-refractivity contribution >= 4 is 13.7 Å². The SMILES string of the molecule is CCCCCCCCCCCC/C=C/[C@@H](O)[C@H](COP(=O)([O-])OCC[N+](C)(C)C)NC(=O)CCCCCCCCCCC. The Morgan fingerprint density at radius 2 is 1.26 bits per heavy atom. The fourth-order valence-corrected chi connectivity index (χ4v) is 5.58. The molecule has 1 unspecified atom stereocenters.